The molecule has 3 heteroatoms. The van der Waals surface area contributed by atoms with E-state index in [2.05, 4.69) is 20.8 Å². The highest BCUT2D eigenvalue weighted by molar-refractivity contribution is 4.75. The van der Waals surface area contributed by atoms with E-state index in [0.717, 1.165) is 37.6 Å². The van der Waals surface area contributed by atoms with Crippen molar-refractivity contribution in [1.29, 1.82) is 0 Å². The van der Waals surface area contributed by atoms with Gasteiger partial charge in [-0.2, -0.15) is 0 Å². The normalized spacial score (nSPS) is 41.7. The van der Waals surface area contributed by atoms with E-state index >= 15 is 0 Å². The van der Waals surface area contributed by atoms with E-state index in [4.69, 9.17) is 14.2 Å². The molecule has 2 saturated heterocycles. The standard InChI is InChI=1S/C14H26O.C6H12O2/c1-11-3-6-13(7-4-11)9-14-8-5-12(2)15-10-14;1-5-3-7-6(2)8-4-5/h11-14H,3-10H2,1-2H3;5-6H,3-4H2,1-2H3. The van der Waals surface area contributed by atoms with Crippen molar-refractivity contribution in [3.05, 3.63) is 0 Å². The molecule has 2 heterocycles. The van der Waals surface area contributed by atoms with Gasteiger partial charge in [-0.15, -0.1) is 0 Å². The van der Waals surface area contributed by atoms with Crippen LogP contribution in [0.5, 0.6) is 0 Å². The first kappa shape index (κ1) is 19.2. The topological polar surface area (TPSA) is 27.7 Å². The maximum atomic E-state index is 5.75. The fourth-order valence-electron chi connectivity index (χ4n) is 3.86. The van der Waals surface area contributed by atoms with E-state index < -0.39 is 0 Å². The molecule has 0 amide bonds. The monoisotopic (exact) mass is 326 g/mol. The quantitative estimate of drug-likeness (QED) is 0.712. The highest BCUT2D eigenvalue weighted by atomic mass is 16.7. The molecular weight excluding hydrogens is 288 g/mol. The average molecular weight is 327 g/mol. The van der Waals surface area contributed by atoms with Crippen molar-refractivity contribution in [3.8, 4) is 0 Å². The summed E-state index contributed by atoms with van der Waals surface area (Å²) in [6.45, 7) is 11.4. The molecule has 1 aliphatic carbocycles. The van der Waals surface area contributed by atoms with Gasteiger partial charge in [0.25, 0.3) is 0 Å². The molecule has 0 radical (unpaired) electrons. The Balaban J connectivity index is 0.000000203. The second-order valence-electron chi connectivity index (χ2n) is 8.29. The number of hydrogen-bond donors (Lipinski definition) is 0. The van der Waals surface area contributed by atoms with Gasteiger partial charge in [0.1, 0.15) is 0 Å². The summed E-state index contributed by atoms with van der Waals surface area (Å²) in [5.41, 5.74) is 0. The van der Waals surface area contributed by atoms with E-state index in [0.29, 0.717) is 12.0 Å². The van der Waals surface area contributed by atoms with Gasteiger partial charge in [-0.3, -0.25) is 0 Å². The highest BCUT2D eigenvalue weighted by Gasteiger charge is 2.24. The highest BCUT2D eigenvalue weighted by Crippen LogP contribution is 2.34. The summed E-state index contributed by atoms with van der Waals surface area (Å²) < 4.78 is 16.1. The lowest BCUT2D eigenvalue weighted by Crippen LogP contribution is -2.27. The maximum absolute atomic E-state index is 5.75. The zero-order chi connectivity index (χ0) is 16.7. The van der Waals surface area contributed by atoms with Crippen LogP contribution in [0.25, 0.3) is 0 Å². The van der Waals surface area contributed by atoms with Crippen molar-refractivity contribution in [3.63, 3.8) is 0 Å². The van der Waals surface area contributed by atoms with Gasteiger partial charge in [-0.25, -0.2) is 0 Å². The molecule has 2 atom stereocenters. The van der Waals surface area contributed by atoms with E-state index in [1.807, 2.05) is 6.92 Å². The summed E-state index contributed by atoms with van der Waals surface area (Å²) in [6, 6.07) is 0. The maximum Gasteiger partial charge on any atom is 0.154 e. The van der Waals surface area contributed by atoms with Crippen molar-refractivity contribution < 1.29 is 14.2 Å². The lowest BCUT2D eigenvalue weighted by atomic mass is 9.77. The first-order valence-electron chi connectivity index (χ1n) is 9.87. The van der Waals surface area contributed by atoms with Crippen LogP contribution in [-0.2, 0) is 14.2 Å². The predicted octanol–water partition coefficient (Wildman–Crippen LogP) is 5.03. The molecule has 2 unspecified atom stereocenters. The lowest BCUT2D eigenvalue weighted by molar-refractivity contribution is -0.187. The Morgan fingerprint density at radius 1 is 0.609 bits per heavy atom. The molecule has 23 heavy (non-hydrogen) atoms. The Labute approximate surface area is 143 Å². The zero-order valence-corrected chi connectivity index (χ0v) is 15.8. The van der Waals surface area contributed by atoms with Crippen molar-refractivity contribution in [1.82, 2.24) is 0 Å². The third-order valence-electron chi connectivity index (χ3n) is 5.63. The molecule has 0 N–H and O–H groups in total. The third-order valence-corrected chi connectivity index (χ3v) is 5.63. The van der Waals surface area contributed by atoms with Crippen molar-refractivity contribution in [2.45, 2.75) is 85.0 Å². The molecule has 3 rings (SSSR count). The predicted molar refractivity (Wildman–Crippen MR) is 94.4 cm³/mol. The summed E-state index contributed by atoms with van der Waals surface area (Å²) in [7, 11) is 0. The lowest BCUT2D eigenvalue weighted by Gasteiger charge is -2.32. The van der Waals surface area contributed by atoms with Crippen LogP contribution in [0, 0.1) is 23.7 Å². The Hall–Kier alpha value is -0.120. The van der Waals surface area contributed by atoms with E-state index in [1.165, 1.54) is 44.9 Å². The van der Waals surface area contributed by atoms with Gasteiger partial charge in [-0.05, 0) is 50.9 Å². The number of rotatable bonds is 2. The Morgan fingerprint density at radius 3 is 1.74 bits per heavy atom. The SMILES string of the molecule is CC1CCC(CC2CCC(C)OC2)CC1.CC1COC(C)OC1. The molecule has 0 aromatic heterocycles. The second kappa shape index (κ2) is 10.0. The molecule has 0 bridgehead atoms. The minimum atomic E-state index is 0.0196. The van der Waals surface area contributed by atoms with Crippen LogP contribution >= 0.6 is 0 Å². The van der Waals surface area contributed by atoms with Crippen LogP contribution in [0.3, 0.4) is 0 Å². The molecule has 1 saturated carbocycles. The van der Waals surface area contributed by atoms with E-state index in [9.17, 15) is 0 Å². The molecule has 0 aromatic carbocycles. The Kier molecular flexibility index (Phi) is 8.35. The van der Waals surface area contributed by atoms with Crippen LogP contribution in [0.2, 0.25) is 0 Å². The number of ether oxygens (including phenoxy) is 3. The van der Waals surface area contributed by atoms with Crippen LogP contribution in [0.4, 0.5) is 0 Å². The van der Waals surface area contributed by atoms with E-state index in [1.54, 1.807) is 0 Å². The smallest absolute Gasteiger partial charge is 0.154 e. The van der Waals surface area contributed by atoms with Crippen molar-refractivity contribution in [2.75, 3.05) is 19.8 Å². The fourth-order valence-corrected chi connectivity index (χ4v) is 3.86. The summed E-state index contributed by atoms with van der Waals surface area (Å²) in [4.78, 5) is 0. The van der Waals surface area contributed by atoms with Gasteiger partial charge in [0, 0.05) is 12.5 Å². The molecule has 3 aliphatic rings. The van der Waals surface area contributed by atoms with Gasteiger partial charge in [0.05, 0.1) is 19.3 Å². The Bertz CT molecular complexity index is 266. The largest absolute Gasteiger partial charge is 0.378 e. The summed E-state index contributed by atoms with van der Waals surface area (Å²) in [5.74, 6) is 3.46. The first-order chi connectivity index (χ1) is 11.0. The molecular formula is C20H38O3. The minimum absolute atomic E-state index is 0.0196. The summed E-state index contributed by atoms with van der Waals surface area (Å²) in [5, 5.41) is 0. The van der Waals surface area contributed by atoms with Gasteiger partial charge in [0.2, 0.25) is 0 Å². The first-order valence-corrected chi connectivity index (χ1v) is 9.87. The minimum Gasteiger partial charge on any atom is -0.378 e. The summed E-state index contributed by atoms with van der Waals surface area (Å²) >= 11 is 0. The van der Waals surface area contributed by atoms with Crippen molar-refractivity contribution in [2.24, 2.45) is 23.7 Å². The van der Waals surface area contributed by atoms with Crippen LogP contribution in [-0.4, -0.2) is 32.2 Å². The second-order valence-corrected chi connectivity index (χ2v) is 8.29. The molecule has 0 spiro atoms. The molecule has 136 valence electrons. The molecule has 2 aliphatic heterocycles. The molecule has 3 fully saturated rings. The molecule has 3 nitrogen and oxygen atoms in total. The van der Waals surface area contributed by atoms with Gasteiger partial charge in [0.15, 0.2) is 6.29 Å². The van der Waals surface area contributed by atoms with Crippen molar-refractivity contribution >= 4 is 0 Å². The summed E-state index contributed by atoms with van der Waals surface area (Å²) in [6.07, 6.45) is 10.6. The van der Waals surface area contributed by atoms with Crippen LogP contribution in [0.15, 0.2) is 0 Å². The van der Waals surface area contributed by atoms with Crippen LogP contribution in [0.1, 0.15) is 72.6 Å². The Morgan fingerprint density at radius 2 is 1.22 bits per heavy atom. The number of hydrogen-bond acceptors (Lipinski definition) is 3. The fraction of sp³-hybridized carbons (Fsp3) is 1.00. The zero-order valence-electron chi connectivity index (χ0n) is 15.8. The molecule has 0 aromatic rings. The van der Waals surface area contributed by atoms with E-state index in [-0.39, 0.29) is 6.29 Å². The third kappa shape index (κ3) is 7.53. The van der Waals surface area contributed by atoms with Gasteiger partial charge >= 0.3 is 0 Å². The average Bonchev–Trinajstić information content (AvgIpc) is 2.55. The van der Waals surface area contributed by atoms with Gasteiger partial charge in [-0.1, -0.05) is 39.5 Å². The van der Waals surface area contributed by atoms with Gasteiger partial charge < -0.3 is 14.2 Å². The van der Waals surface area contributed by atoms with Crippen LogP contribution < -0.4 is 0 Å².